The number of hydrogen-bond donors (Lipinski definition) is 3. The first-order valence-corrected chi connectivity index (χ1v) is 5.59. The summed E-state index contributed by atoms with van der Waals surface area (Å²) in [5.74, 6) is 0.191. The number of hydrogen-bond acceptors (Lipinski definition) is 6. The van der Waals surface area contributed by atoms with Crippen molar-refractivity contribution in [1.29, 1.82) is 5.26 Å². The maximum atomic E-state index is 9.75. The van der Waals surface area contributed by atoms with Crippen molar-refractivity contribution < 1.29 is 5.11 Å². The van der Waals surface area contributed by atoms with Crippen LogP contribution in [-0.4, -0.2) is 25.7 Å². The highest BCUT2D eigenvalue weighted by Crippen LogP contribution is 2.30. The molecule has 0 aliphatic heterocycles. The fourth-order valence-electron chi connectivity index (χ4n) is 1.35. The standard InChI is InChI=1S/C11H9ClN6O/c1-6-2-10(19)9(3-8(6)12)14-5-7(4-13)11-15-17-18-16-11/h2-3,5,14,19H,1H3,(H,15,16,17,18). The number of aromatic amines is 1. The highest BCUT2D eigenvalue weighted by Gasteiger charge is 2.07. The molecule has 0 fully saturated rings. The molecule has 0 unspecified atom stereocenters. The van der Waals surface area contributed by atoms with Crippen LogP contribution in [0, 0.1) is 18.3 Å². The fourth-order valence-corrected chi connectivity index (χ4v) is 1.52. The van der Waals surface area contributed by atoms with Gasteiger partial charge in [0.05, 0.1) is 5.69 Å². The zero-order chi connectivity index (χ0) is 13.8. The molecule has 0 aliphatic carbocycles. The van der Waals surface area contributed by atoms with Gasteiger partial charge in [-0.25, -0.2) is 0 Å². The molecule has 8 heteroatoms. The van der Waals surface area contributed by atoms with Gasteiger partial charge in [-0.05, 0) is 29.8 Å². The Morgan fingerprint density at radius 2 is 2.37 bits per heavy atom. The van der Waals surface area contributed by atoms with Crippen molar-refractivity contribution in [1.82, 2.24) is 20.6 Å². The van der Waals surface area contributed by atoms with Crippen LogP contribution in [0.25, 0.3) is 5.57 Å². The quantitative estimate of drug-likeness (QED) is 0.583. The van der Waals surface area contributed by atoms with Gasteiger partial charge >= 0.3 is 0 Å². The molecule has 0 amide bonds. The van der Waals surface area contributed by atoms with E-state index < -0.39 is 0 Å². The zero-order valence-corrected chi connectivity index (χ0v) is 10.6. The molecule has 0 spiro atoms. The monoisotopic (exact) mass is 276 g/mol. The van der Waals surface area contributed by atoms with Crippen molar-refractivity contribution in [3.8, 4) is 11.8 Å². The summed E-state index contributed by atoms with van der Waals surface area (Å²) in [5.41, 5.74) is 1.31. The smallest absolute Gasteiger partial charge is 0.216 e. The Labute approximate surface area is 113 Å². The van der Waals surface area contributed by atoms with E-state index >= 15 is 0 Å². The van der Waals surface area contributed by atoms with Gasteiger partial charge < -0.3 is 10.4 Å². The Bertz CT molecular complexity index is 659. The number of allylic oxidation sites excluding steroid dienone is 1. The first kappa shape index (κ1) is 12.9. The summed E-state index contributed by atoms with van der Waals surface area (Å²) in [6, 6.07) is 5.01. The van der Waals surface area contributed by atoms with Crippen LogP contribution in [0.2, 0.25) is 5.02 Å². The predicted octanol–water partition coefficient (Wildman–Crippen LogP) is 1.84. The molecule has 2 rings (SSSR count). The number of nitrogens with zero attached hydrogens (tertiary/aromatic N) is 4. The number of nitriles is 1. The third-order valence-electron chi connectivity index (χ3n) is 2.36. The number of aromatic hydroxyl groups is 1. The number of anilines is 1. The van der Waals surface area contributed by atoms with E-state index in [1.165, 1.54) is 12.3 Å². The molecule has 7 nitrogen and oxygen atoms in total. The van der Waals surface area contributed by atoms with Gasteiger partial charge in [0, 0.05) is 11.2 Å². The van der Waals surface area contributed by atoms with Crippen molar-refractivity contribution in [2.75, 3.05) is 5.32 Å². The maximum absolute atomic E-state index is 9.75. The molecule has 0 saturated carbocycles. The van der Waals surface area contributed by atoms with Crippen LogP contribution in [0.15, 0.2) is 18.3 Å². The second-order valence-corrected chi connectivity index (χ2v) is 4.08. The number of phenolic OH excluding ortho intramolecular Hbond substituents is 1. The topological polar surface area (TPSA) is 111 Å². The average Bonchev–Trinajstić information content (AvgIpc) is 2.90. The summed E-state index contributed by atoms with van der Waals surface area (Å²) in [4.78, 5) is 0. The van der Waals surface area contributed by atoms with E-state index in [1.807, 2.05) is 6.07 Å². The second kappa shape index (κ2) is 5.37. The van der Waals surface area contributed by atoms with Gasteiger partial charge in [-0.1, -0.05) is 11.6 Å². The third-order valence-corrected chi connectivity index (χ3v) is 2.76. The number of rotatable bonds is 3. The first-order chi connectivity index (χ1) is 9.11. The van der Waals surface area contributed by atoms with Crippen molar-refractivity contribution >= 4 is 22.9 Å². The molecule has 0 bridgehead atoms. The van der Waals surface area contributed by atoms with E-state index in [0.29, 0.717) is 10.7 Å². The number of H-pyrrole nitrogens is 1. The summed E-state index contributed by atoms with van der Waals surface area (Å²) >= 11 is 5.96. The van der Waals surface area contributed by atoms with Crippen LogP contribution in [0.1, 0.15) is 11.4 Å². The Morgan fingerprint density at radius 1 is 1.58 bits per heavy atom. The lowest BCUT2D eigenvalue weighted by Crippen LogP contribution is -1.94. The molecule has 1 aromatic carbocycles. The highest BCUT2D eigenvalue weighted by atomic mass is 35.5. The Hall–Kier alpha value is -2.59. The Kier molecular flexibility index (Phi) is 3.63. The summed E-state index contributed by atoms with van der Waals surface area (Å²) in [6.07, 6.45) is 1.37. The lowest BCUT2D eigenvalue weighted by molar-refractivity contribution is 0.477. The van der Waals surface area contributed by atoms with Gasteiger partial charge in [0.15, 0.2) is 0 Å². The minimum absolute atomic E-state index is 0.0311. The molecule has 0 atom stereocenters. The van der Waals surface area contributed by atoms with E-state index in [0.717, 1.165) is 5.56 Å². The SMILES string of the molecule is Cc1cc(O)c(NC=C(C#N)c2nn[nH]n2)cc1Cl. The van der Waals surface area contributed by atoms with Gasteiger partial charge in [-0.3, -0.25) is 0 Å². The molecular weight excluding hydrogens is 268 g/mol. The first-order valence-electron chi connectivity index (χ1n) is 5.21. The molecule has 0 aliphatic rings. The molecule has 1 aromatic heterocycles. The van der Waals surface area contributed by atoms with E-state index in [2.05, 4.69) is 25.9 Å². The zero-order valence-electron chi connectivity index (χ0n) is 9.85. The van der Waals surface area contributed by atoms with Crippen LogP contribution in [0.5, 0.6) is 5.75 Å². The van der Waals surface area contributed by atoms with Crippen molar-refractivity contribution in [3.05, 3.63) is 34.7 Å². The highest BCUT2D eigenvalue weighted by molar-refractivity contribution is 6.31. The van der Waals surface area contributed by atoms with Gasteiger partial charge in [0.2, 0.25) is 5.82 Å². The fraction of sp³-hybridized carbons (Fsp3) is 0.0909. The van der Waals surface area contributed by atoms with Gasteiger partial charge in [-0.15, -0.1) is 10.2 Å². The van der Waals surface area contributed by atoms with E-state index in [9.17, 15) is 5.11 Å². The lowest BCUT2D eigenvalue weighted by atomic mass is 10.2. The predicted molar refractivity (Wildman–Crippen MR) is 69.2 cm³/mol. The van der Waals surface area contributed by atoms with E-state index in [4.69, 9.17) is 16.9 Å². The van der Waals surface area contributed by atoms with Gasteiger partial charge in [0.1, 0.15) is 17.4 Å². The van der Waals surface area contributed by atoms with Crippen molar-refractivity contribution in [2.45, 2.75) is 6.92 Å². The van der Waals surface area contributed by atoms with Crippen LogP contribution < -0.4 is 5.32 Å². The summed E-state index contributed by atoms with van der Waals surface area (Å²) in [7, 11) is 0. The minimum atomic E-state index is 0.0311. The van der Waals surface area contributed by atoms with Gasteiger partial charge in [0.25, 0.3) is 0 Å². The summed E-state index contributed by atoms with van der Waals surface area (Å²) in [6.45, 7) is 1.78. The van der Waals surface area contributed by atoms with Gasteiger partial charge in [-0.2, -0.15) is 10.5 Å². The number of benzene rings is 1. The van der Waals surface area contributed by atoms with Crippen LogP contribution in [-0.2, 0) is 0 Å². The number of halogens is 1. The molecule has 3 N–H and O–H groups in total. The van der Waals surface area contributed by atoms with Crippen LogP contribution >= 0.6 is 11.6 Å². The van der Waals surface area contributed by atoms with E-state index in [1.54, 1.807) is 13.0 Å². The van der Waals surface area contributed by atoms with Crippen LogP contribution in [0.3, 0.4) is 0 Å². The Morgan fingerprint density at radius 3 is 3.00 bits per heavy atom. The number of phenols is 1. The molecule has 19 heavy (non-hydrogen) atoms. The maximum Gasteiger partial charge on any atom is 0.216 e. The van der Waals surface area contributed by atoms with E-state index in [-0.39, 0.29) is 17.1 Å². The molecule has 0 radical (unpaired) electrons. The number of aromatic nitrogens is 4. The largest absolute Gasteiger partial charge is 0.506 e. The number of tetrazole rings is 1. The summed E-state index contributed by atoms with van der Waals surface area (Å²) < 4.78 is 0. The lowest BCUT2D eigenvalue weighted by Gasteiger charge is -2.07. The number of aryl methyl sites for hydroxylation is 1. The molecule has 1 heterocycles. The molecular formula is C11H9ClN6O. The Balaban J connectivity index is 2.27. The van der Waals surface area contributed by atoms with Crippen molar-refractivity contribution in [2.24, 2.45) is 0 Å². The summed E-state index contributed by atoms with van der Waals surface area (Å²) in [5, 5.41) is 35.0. The average molecular weight is 277 g/mol. The minimum Gasteiger partial charge on any atom is -0.506 e. The molecule has 2 aromatic rings. The number of nitrogens with one attached hydrogen (secondary N) is 2. The second-order valence-electron chi connectivity index (χ2n) is 3.67. The molecule has 0 saturated heterocycles. The molecule has 96 valence electrons. The van der Waals surface area contributed by atoms with Crippen molar-refractivity contribution in [3.63, 3.8) is 0 Å². The van der Waals surface area contributed by atoms with Crippen LogP contribution in [0.4, 0.5) is 5.69 Å². The normalized spacial score (nSPS) is 11.1. The third kappa shape index (κ3) is 2.81.